The first kappa shape index (κ1) is 13.2. The molecule has 2 N–H and O–H groups in total. The molecule has 1 atom stereocenters. The van der Waals surface area contributed by atoms with Crippen molar-refractivity contribution in [3.05, 3.63) is 34.6 Å². The molecule has 0 fully saturated rings. The number of nitrogens with two attached hydrogens (primary N) is 1. The van der Waals surface area contributed by atoms with Gasteiger partial charge in [-0.05, 0) is 17.5 Å². The van der Waals surface area contributed by atoms with Crippen LogP contribution in [0.3, 0.4) is 0 Å². The van der Waals surface area contributed by atoms with E-state index in [2.05, 4.69) is 26.1 Å². The highest BCUT2D eigenvalue weighted by atomic mass is 79.9. The van der Waals surface area contributed by atoms with Crippen LogP contribution in [0.15, 0.2) is 33.3 Å². The first-order valence-electron chi connectivity index (χ1n) is 5.73. The lowest BCUT2D eigenvalue weighted by Gasteiger charge is -2.23. The minimum atomic E-state index is -0.272. The molecule has 0 amide bonds. The van der Waals surface area contributed by atoms with Gasteiger partial charge in [-0.1, -0.05) is 54.0 Å². The zero-order chi connectivity index (χ0) is 13.3. The van der Waals surface area contributed by atoms with Crippen LogP contribution in [0.1, 0.15) is 32.7 Å². The van der Waals surface area contributed by atoms with Gasteiger partial charge in [-0.25, -0.2) is 0 Å². The Morgan fingerprint density at radius 1 is 1.33 bits per heavy atom. The average Bonchev–Trinajstić information content (AvgIpc) is 2.75. The number of rotatable bonds is 2. The summed E-state index contributed by atoms with van der Waals surface area (Å²) in [6, 6.07) is 7.48. The van der Waals surface area contributed by atoms with E-state index in [9.17, 15) is 0 Å². The molecule has 96 valence electrons. The van der Waals surface area contributed by atoms with Gasteiger partial charge in [0.15, 0.2) is 0 Å². The highest BCUT2D eigenvalue weighted by molar-refractivity contribution is 9.10. The van der Waals surface area contributed by atoms with Gasteiger partial charge >= 0.3 is 0 Å². The van der Waals surface area contributed by atoms with E-state index < -0.39 is 0 Å². The summed E-state index contributed by atoms with van der Waals surface area (Å²) in [4.78, 5) is 4.36. The average molecular weight is 310 g/mol. The van der Waals surface area contributed by atoms with E-state index in [1.165, 1.54) is 0 Å². The van der Waals surface area contributed by atoms with Crippen molar-refractivity contribution in [3.63, 3.8) is 0 Å². The summed E-state index contributed by atoms with van der Waals surface area (Å²) in [5, 5.41) is 3.98. The number of benzene rings is 1. The molecular weight excluding hydrogens is 294 g/mol. The van der Waals surface area contributed by atoms with Crippen LogP contribution in [-0.4, -0.2) is 10.1 Å². The summed E-state index contributed by atoms with van der Waals surface area (Å²) < 4.78 is 6.22. The molecule has 5 heteroatoms. The van der Waals surface area contributed by atoms with E-state index in [0.717, 1.165) is 10.0 Å². The summed E-state index contributed by atoms with van der Waals surface area (Å²) in [7, 11) is 0. The van der Waals surface area contributed by atoms with E-state index in [1.54, 1.807) is 0 Å². The van der Waals surface area contributed by atoms with Gasteiger partial charge in [0, 0.05) is 10.0 Å². The third kappa shape index (κ3) is 2.79. The SMILES string of the molecule is CC(C)(C)[C@@H](N)c1nc(-c2cccc(Br)c2)no1. The Hall–Kier alpha value is -1.20. The molecule has 0 spiro atoms. The molecule has 18 heavy (non-hydrogen) atoms. The monoisotopic (exact) mass is 309 g/mol. The number of hydrogen-bond acceptors (Lipinski definition) is 4. The van der Waals surface area contributed by atoms with Crippen LogP contribution in [-0.2, 0) is 0 Å². The van der Waals surface area contributed by atoms with Gasteiger partial charge in [-0.2, -0.15) is 4.98 Å². The first-order valence-corrected chi connectivity index (χ1v) is 6.52. The number of hydrogen-bond donors (Lipinski definition) is 1. The molecule has 0 aliphatic heterocycles. The molecule has 0 saturated carbocycles. The van der Waals surface area contributed by atoms with Crippen molar-refractivity contribution in [1.82, 2.24) is 10.1 Å². The van der Waals surface area contributed by atoms with Crippen molar-refractivity contribution in [3.8, 4) is 11.4 Å². The lowest BCUT2D eigenvalue weighted by Crippen LogP contribution is -2.26. The van der Waals surface area contributed by atoms with Crippen LogP contribution in [0, 0.1) is 5.41 Å². The van der Waals surface area contributed by atoms with E-state index in [4.69, 9.17) is 10.3 Å². The molecule has 0 bridgehead atoms. The molecule has 4 nitrogen and oxygen atoms in total. The van der Waals surface area contributed by atoms with E-state index >= 15 is 0 Å². The maximum absolute atomic E-state index is 6.09. The molecular formula is C13H16BrN3O. The van der Waals surface area contributed by atoms with Crippen molar-refractivity contribution in [2.24, 2.45) is 11.1 Å². The van der Waals surface area contributed by atoms with Gasteiger partial charge in [0.25, 0.3) is 0 Å². The topological polar surface area (TPSA) is 64.9 Å². The molecule has 1 aromatic carbocycles. The second-order valence-corrected chi connectivity index (χ2v) is 6.23. The second kappa shape index (κ2) is 4.82. The van der Waals surface area contributed by atoms with Crippen LogP contribution in [0.25, 0.3) is 11.4 Å². The van der Waals surface area contributed by atoms with Gasteiger partial charge in [-0.3, -0.25) is 0 Å². The van der Waals surface area contributed by atoms with E-state index in [1.807, 2.05) is 45.0 Å². The molecule has 0 saturated heterocycles. The lowest BCUT2D eigenvalue weighted by atomic mass is 9.87. The highest BCUT2D eigenvalue weighted by Gasteiger charge is 2.27. The Bertz CT molecular complexity index is 545. The van der Waals surface area contributed by atoms with Crippen molar-refractivity contribution < 1.29 is 4.52 Å². The minimum Gasteiger partial charge on any atom is -0.337 e. The van der Waals surface area contributed by atoms with Gasteiger partial charge in [0.1, 0.15) is 0 Å². The van der Waals surface area contributed by atoms with Gasteiger partial charge in [0.2, 0.25) is 11.7 Å². The maximum atomic E-state index is 6.09. The van der Waals surface area contributed by atoms with E-state index in [0.29, 0.717) is 11.7 Å². The predicted molar refractivity (Wildman–Crippen MR) is 73.8 cm³/mol. The fourth-order valence-corrected chi connectivity index (χ4v) is 1.88. The second-order valence-electron chi connectivity index (χ2n) is 5.31. The van der Waals surface area contributed by atoms with Gasteiger partial charge in [0.05, 0.1) is 6.04 Å². The van der Waals surface area contributed by atoms with Crippen LogP contribution in [0.4, 0.5) is 0 Å². The normalized spacial score (nSPS) is 13.6. The third-order valence-corrected chi connectivity index (χ3v) is 3.22. The summed E-state index contributed by atoms with van der Waals surface area (Å²) in [6.45, 7) is 6.13. The van der Waals surface area contributed by atoms with Crippen LogP contribution < -0.4 is 5.73 Å². The van der Waals surface area contributed by atoms with Crippen LogP contribution in [0.2, 0.25) is 0 Å². The largest absolute Gasteiger partial charge is 0.337 e. The molecule has 0 aliphatic carbocycles. The summed E-state index contributed by atoms with van der Waals surface area (Å²) >= 11 is 3.42. The molecule has 0 unspecified atom stereocenters. The summed E-state index contributed by atoms with van der Waals surface area (Å²) in [6.07, 6.45) is 0. The number of aromatic nitrogens is 2. The molecule has 2 aromatic rings. The highest BCUT2D eigenvalue weighted by Crippen LogP contribution is 2.30. The number of halogens is 1. The summed E-state index contributed by atoms with van der Waals surface area (Å²) in [5.74, 6) is 1.03. The van der Waals surface area contributed by atoms with Gasteiger partial charge < -0.3 is 10.3 Å². The minimum absolute atomic E-state index is 0.110. The van der Waals surface area contributed by atoms with Crippen LogP contribution in [0.5, 0.6) is 0 Å². The lowest BCUT2D eigenvalue weighted by molar-refractivity contribution is 0.253. The molecule has 1 aromatic heterocycles. The Kier molecular flexibility index (Phi) is 3.54. The van der Waals surface area contributed by atoms with Crippen molar-refractivity contribution >= 4 is 15.9 Å². The zero-order valence-electron chi connectivity index (χ0n) is 10.6. The van der Waals surface area contributed by atoms with Crippen LogP contribution >= 0.6 is 15.9 Å². The number of nitrogens with zero attached hydrogens (tertiary/aromatic N) is 2. The fraction of sp³-hybridized carbons (Fsp3) is 0.385. The molecule has 1 heterocycles. The van der Waals surface area contributed by atoms with Crippen molar-refractivity contribution in [1.29, 1.82) is 0 Å². The standard InChI is InChI=1S/C13H16BrN3O/c1-13(2,3)10(15)12-16-11(17-18-12)8-5-4-6-9(14)7-8/h4-7,10H,15H2,1-3H3/t10-/m0/s1. The first-order chi connectivity index (χ1) is 8.38. The predicted octanol–water partition coefficient (Wildman–Crippen LogP) is 3.55. The molecule has 0 radical (unpaired) electrons. The van der Waals surface area contributed by atoms with Crippen molar-refractivity contribution in [2.75, 3.05) is 0 Å². The van der Waals surface area contributed by atoms with E-state index in [-0.39, 0.29) is 11.5 Å². The Morgan fingerprint density at radius 2 is 2.06 bits per heavy atom. The summed E-state index contributed by atoms with van der Waals surface area (Å²) in [5.41, 5.74) is 6.88. The fourth-order valence-electron chi connectivity index (χ4n) is 1.48. The third-order valence-electron chi connectivity index (χ3n) is 2.72. The van der Waals surface area contributed by atoms with Gasteiger partial charge in [-0.15, -0.1) is 0 Å². The quantitative estimate of drug-likeness (QED) is 0.921. The maximum Gasteiger partial charge on any atom is 0.244 e. The molecule has 0 aliphatic rings. The Balaban J connectivity index is 2.31. The smallest absolute Gasteiger partial charge is 0.244 e. The van der Waals surface area contributed by atoms with Crippen molar-refractivity contribution in [2.45, 2.75) is 26.8 Å². The zero-order valence-corrected chi connectivity index (χ0v) is 12.2. The Labute approximate surface area is 115 Å². The molecule has 2 rings (SSSR count). The Morgan fingerprint density at radius 3 is 2.67 bits per heavy atom.